The number of carboxylic acids is 3. The van der Waals surface area contributed by atoms with Crippen molar-refractivity contribution in [1.29, 1.82) is 0 Å². The van der Waals surface area contributed by atoms with Crippen molar-refractivity contribution in [2.45, 2.75) is 264 Å². The van der Waals surface area contributed by atoms with Crippen molar-refractivity contribution in [2.24, 2.45) is 11.5 Å². The Hall–Kier alpha value is -4.93. The maximum Gasteiger partial charge on any atom is 0.408 e. The van der Waals surface area contributed by atoms with Gasteiger partial charge in [-0.05, 0) is 150 Å². The Bertz CT molecular complexity index is 3960. The van der Waals surface area contributed by atoms with Gasteiger partial charge < -0.3 is 148 Å². The molecule has 3 saturated carbocycles. The Balaban J connectivity index is 0. The predicted octanol–water partition coefficient (Wildman–Crippen LogP) is 7.14. The maximum atomic E-state index is 13.2. The standard InChI is InChI=1S/C30H50N6O8P2S4.C26H48N4O6S4.C16H28N2O8S2.C8H18N2S2.C7H11NO4P/c1-19(37)22(35-28(42)7-5-26(40)33-13-20(38)15-45)17-49-50-18-23(36-29(43)8-6-27(41)34-14-21(39)16-46)30(44)32-10-12-48-25-4-3-24(25)47-11-9-31-2;1-17(31)18(29-23(33)35-25(2,3)4)15-39-40-16-19(30-24(34)36-26(5,6)7)22(32)28-12-14-38-21-10-9-20(21)37-13-11-27-8;1-15(2,3)25-13(23)17-9(11(19)20)7-27-28-8-10(12(21)22)18-14(24)26-16(4,5)6;9-3-5-11-7-1-2-8(7)12-6-4-10;9-5(4-13)3-8-6(10)1-2-7(11)12/h15-16,22-25,31H,3-14,17-18,45-46H2,1-2H3,(H,32,44)(H,33,40)(H,34,41)(H,35,42)(H,36,43);18-21,27H,9-16H2,1-8H3,(H,28,32)(H,29,33)(H,30,34);9-10H,7-8H2,1-6H3,(H,17,23)(H,18,24)(H,19,20)(H,21,22);7-8H,1-6,9-10H2;4H,1-3,13H2,(H,8,10)(H,11,12)/q-2;;;;-1/i15T,16T;;;;4T. The van der Waals surface area contributed by atoms with Gasteiger partial charge in [0.25, 0.3) is 0 Å². The molecule has 0 heterocycles. The minimum Gasteiger partial charge on any atom is -0.481 e. The molecular formula is C87H155N15O26P3S12-3. The van der Waals surface area contributed by atoms with Crippen molar-refractivity contribution >= 4 is 276 Å². The largest absolute Gasteiger partial charge is 0.481 e. The summed E-state index contributed by atoms with van der Waals surface area (Å²) >= 11 is 11.7. The van der Waals surface area contributed by atoms with E-state index in [-0.39, 0.29) is 129 Å². The molecule has 41 nitrogen and oxygen atoms in total. The van der Waals surface area contributed by atoms with E-state index in [0.29, 0.717) is 39.8 Å². The molecular weight excluding hydrogens is 2150 g/mol. The van der Waals surface area contributed by atoms with E-state index in [0.717, 1.165) is 93.5 Å². The molecule has 0 radical (unpaired) electrons. The highest BCUT2D eigenvalue weighted by Gasteiger charge is 2.36. The number of carboxylic acid groups (broad SMARTS) is 3. The second kappa shape index (κ2) is 80.9. The summed E-state index contributed by atoms with van der Waals surface area (Å²) in [6.07, 6.45) is 2.36. The average Bonchev–Trinajstić information content (AvgIpc) is 0.861. The molecule has 0 bridgehead atoms. The third kappa shape index (κ3) is 78.0. The lowest BCUT2D eigenvalue weighted by Gasteiger charge is -2.35. The first-order chi connectivity index (χ1) is 68.2. The van der Waals surface area contributed by atoms with Crippen molar-refractivity contribution < 1.29 is 129 Å². The zero-order chi connectivity index (χ0) is 111. The van der Waals surface area contributed by atoms with Crippen LogP contribution in [0.3, 0.4) is 0 Å². The zero-order valence-corrected chi connectivity index (χ0v) is 97.5. The van der Waals surface area contributed by atoms with Gasteiger partial charge in [-0.2, -0.15) is 74.7 Å². The van der Waals surface area contributed by atoms with Crippen molar-refractivity contribution in [1.82, 2.24) is 69.1 Å². The summed E-state index contributed by atoms with van der Waals surface area (Å²) in [5, 5.41) is 64.8. The summed E-state index contributed by atoms with van der Waals surface area (Å²) in [6.45, 7) is 26.6. The number of Topliss-reactive ketones (excluding diaryl/α,β-unsaturated/α-hetero) is 5. The predicted molar refractivity (Wildman–Crippen MR) is 596 cm³/mol. The first kappa shape index (κ1) is 134. The Morgan fingerprint density at radius 3 is 0.804 bits per heavy atom. The van der Waals surface area contributed by atoms with Gasteiger partial charge in [0.2, 0.25) is 41.4 Å². The van der Waals surface area contributed by atoms with Crippen molar-refractivity contribution in [2.75, 3.05) is 142 Å². The number of hydrogen-bond acceptors (Lipinski definition) is 39. The summed E-state index contributed by atoms with van der Waals surface area (Å²) in [5.41, 5.74) is 8.00. The molecule has 0 spiro atoms. The molecule has 0 saturated heterocycles. The van der Waals surface area contributed by atoms with Gasteiger partial charge >= 0.3 is 42.3 Å². The van der Waals surface area contributed by atoms with Gasteiger partial charge in [0.15, 0.2) is 11.6 Å². The Morgan fingerprint density at radius 2 is 0.559 bits per heavy atom. The normalized spacial score (nSPS) is 17.0. The molecule has 3 fully saturated rings. The van der Waals surface area contributed by atoms with Crippen molar-refractivity contribution in [3.05, 3.63) is 18.4 Å². The van der Waals surface area contributed by atoms with Crippen LogP contribution in [0.4, 0.5) is 19.2 Å². The zero-order valence-electron chi connectivity index (χ0n) is 87.3. The Kier molecular flexibility index (Phi) is 75.9. The molecule has 15 unspecified atom stereocenters. The van der Waals surface area contributed by atoms with Gasteiger partial charge in [0.05, 0.1) is 12.5 Å². The van der Waals surface area contributed by atoms with Gasteiger partial charge in [-0.1, -0.05) is 64.8 Å². The second-order valence-electron chi connectivity index (χ2n) is 35.1. The fourth-order valence-electron chi connectivity index (χ4n) is 10.4. The van der Waals surface area contributed by atoms with E-state index in [4.69, 9.17) is 39.6 Å². The molecule has 3 rings (SSSR count). The van der Waals surface area contributed by atoms with E-state index in [2.05, 4.69) is 69.1 Å². The number of amides is 11. The number of ketones is 5. The van der Waals surface area contributed by atoms with Crippen LogP contribution in [0.2, 0.25) is 0 Å². The number of thioether (sulfide) groups is 6. The fourth-order valence-corrected chi connectivity index (χ4v) is 26.4. The molecule has 56 heteroatoms. The minimum absolute atomic E-state index is 0.0297. The van der Waals surface area contributed by atoms with Crippen LogP contribution in [-0.4, -0.2) is 360 Å². The third-order valence-electron chi connectivity index (χ3n) is 18.0. The van der Waals surface area contributed by atoms with E-state index >= 15 is 0 Å². The number of carbonyl (C=O) groups excluding carboxylic acids is 16. The van der Waals surface area contributed by atoms with Gasteiger partial charge in [-0.15, -0.1) is 0 Å². The molecule has 3 aliphatic carbocycles. The number of nitrogens with two attached hydrogens (primary N) is 2. The summed E-state index contributed by atoms with van der Waals surface area (Å²) in [5.74, 6) is -2.53. The molecule has 0 aromatic carbocycles. The van der Waals surface area contributed by atoms with Gasteiger partial charge in [-0.25, -0.2) is 28.8 Å². The van der Waals surface area contributed by atoms with Crippen LogP contribution in [0, 0.1) is 18.4 Å². The lowest BCUT2D eigenvalue weighted by atomic mass is 9.99. The molecule has 143 heavy (non-hydrogen) atoms. The number of carbonyl (C=O) groups is 19. The van der Waals surface area contributed by atoms with E-state index in [1.165, 1.54) is 89.1 Å². The highest BCUT2D eigenvalue weighted by molar-refractivity contribution is 8.77. The van der Waals surface area contributed by atoms with E-state index in [9.17, 15) is 101 Å². The minimum atomic E-state index is -1.25. The summed E-state index contributed by atoms with van der Waals surface area (Å²) in [6, 6.07) is -5.82. The monoisotopic (exact) mass is 2310 g/mol. The van der Waals surface area contributed by atoms with Gasteiger partial charge in [-0.3, -0.25) is 75.7 Å². The lowest BCUT2D eigenvalue weighted by Crippen LogP contribution is -2.50. The van der Waals surface area contributed by atoms with Crippen LogP contribution >= 0.6 is 163 Å². The first-order valence-electron chi connectivity index (χ1n) is 47.3. The molecule has 824 valence electrons. The number of nitrogens with one attached hydrogen (secondary N) is 13. The van der Waals surface area contributed by atoms with Crippen LogP contribution in [-0.2, 0) is 90.9 Å². The van der Waals surface area contributed by atoms with Crippen LogP contribution in [0.5, 0.6) is 0 Å². The average molecular weight is 2310 g/mol. The summed E-state index contributed by atoms with van der Waals surface area (Å²) in [7, 11) is 16.8. The Labute approximate surface area is 903 Å². The third-order valence-corrected chi connectivity index (χ3v) is 35.4. The number of ether oxygens (including phenoxy) is 4. The summed E-state index contributed by atoms with van der Waals surface area (Å²) in [4.78, 5) is 225. The molecule has 0 aromatic rings. The van der Waals surface area contributed by atoms with Crippen LogP contribution in [0.15, 0.2) is 0 Å². The lowest BCUT2D eigenvalue weighted by molar-refractivity contribution is -0.139. The smallest absolute Gasteiger partial charge is 0.408 e. The quantitative estimate of drug-likeness (QED) is 0.00945. The van der Waals surface area contributed by atoms with Crippen LogP contribution in [0.1, 0.15) is 178 Å². The molecule has 0 aromatic heterocycles. The number of rotatable bonds is 67. The van der Waals surface area contributed by atoms with Gasteiger partial charge in [0.1, 0.15) is 52.6 Å². The second-order valence-corrected chi connectivity index (χ2v) is 51.7. The highest BCUT2D eigenvalue weighted by Crippen LogP contribution is 2.42. The number of aliphatic carboxylic acids is 3. The topological polar surface area (TPSA) is 630 Å². The van der Waals surface area contributed by atoms with E-state index < -0.39 is 154 Å². The van der Waals surface area contributed by atoms with E-state index in [1.807, 2.05) is 112 Å². The summed E-state index contributed by atoms with van der Waals surface area (Å²) < 4.78 is 42.0. The molecule has 0 aliphatic heterocycles. The van der Waals surface area contributed by atoms with Crippen molar-refractivity contribution in [3.63, 3.8) is 0 Å². The molecule has 15 atom stereocenters. The highest BCUT2D eigenvalue weighted by atomic mass is 33.1. The maximum absolute atomic E-state index is 13.2. The van der Waals surface area contributed by atoms with Gasteiger partial charge in [0, 0.05) is 209 Å². The van der Waals surface area contributed by atoms with Crippen LogP contribution in [0.25, 0.3) is 0 Å². The number of hydrogen-bond donors (Lipinski definition) is 18. The Morgan fingerprint density at radius 1 is 0.336 bits per heavy atom. The molecule has 11 amide bonds. The van der Waals surface area contributed by atoms with Crippen molar-refractivity contribution in [3.8, 4) is 0 Å². The SMILES string of the molecule is CC(C)(C)OC(=O)NC(CSSCC(NC(=O)OC(C)(C)C)C(=O)O)C(=O)O.CNCCSC1CCC1SCCNC(=O)C(CSSCC(NC(=O)OC(C)(C)C)C(C)=O)NC(=O)OC(C)(C)C.NCCSC1CCC1SCCN.[3H][C-](P)C(=O)CNC(=O)CCC(=O)NC(CSSCC(NC(=O)CCC(=O)NCC(=O)[C-]([3H])P)C(=O)NCCSC1CCC1SCCNC)C(C)=O.[3H][C-](P)C(=O)CNC(=O)CCC(=O)O. The molecule has 3 aliphatic rings. The van der Waals surface area contributed by atoms with E-state index in [1.54, 1.807) is 83.1 Å². The number of alkyl carbamates (subject to hydrolysis) is 4. The van der Waals surface area contributed by atoms with Crippen LogP contribution < -0.4 is 80.6 Å². The molecule has 20 N–H and O–H groups in total. The first-order valence-corrected chi connectivity index (χ1v) is 61.3. The fraction of sp³-hybridized carbons (Fsp3) is 0.747.